The molecule has 0 fully saturated rings. The van der Waals surface area contributed by atoms with Gasteiger partial charge in [-0.3, -0.25) is 19.3 Å². The van der Waals surface area contributed by atoms with Gasteiger partial charge in [0.15, 0.2) is 0 Å². The van der Waals surface area contributed by atoms with Gasteiger partial charge in [-0.05, 0) is 18.1 Å². The first-order valence-corrected chi connectivity index (χ1v) is 10.9. The van der Waals surface area contributed by atoms with Crippen molar-refractivity contribution in [1.82, 2.24) is 15.5 Å². The van der Waals surface area contributed by atoms with E-state index in [9.17, 15) is 14.4 Å². The van der Waals surface area contributed by atoms with E-state index in [-0.39, 0.29) is 45.9 Å². The molecule has 3 amide bonds. The van der Waals surface area contributed by atoms with Crippen LogP contribution in [0.1, 0.15) is 62.3 Å². The van der Waals surface area contributed by atoms with Crippen LogP contribution in [0.25, 0.3) is 0 Å². The molecule has 0 saturated heterocycles. The molecule has 0 radical (unpaired) electrons. The SMILES string of the molecule is CC.CC.CNC(=O)/C(N=Nc1c(Cl)ccc2c1C(=O)N(CC(C)C)C2=O)=C(\NC)OC. The molecule has 2 rings (SSSR count). The van der Waals surface area contributed by atoms with E-state index >= 15 is 0 Å². The van der Waals surface area contributed by atoms with Gasteiger partial charge in [0.25, 0.3) is 17.7 Å². The van der Waals surface area contributed by atoms with Gasteiger partial charge >= 0.3 is 0 Å². The van der Waals surface area contributed by atoms with Crippen molar-refractivity contribution in [2.24, 2.45) is 16.1 Å². The minimum Gasteiger partial charge on any atom is -0.481 e. The van der Waals surface area contributed by atoms with E-state index in [0.717, 1.165) is 4.90 Å². The van der Waals surface area contributed by atoms with Crippen LogP contribution in [0, 0.1) is 5.92 Å². The van der Waals surface area contributed by atoms with Crippen LogP contribution in [0.4, 0.5) is 5.69 Å². The van der Waals surface area contributed by atoms with Crippen molar-refractivity contribution in [3.8, 4) is 0 Å². The molecule has 10 heteroatoms. The number of ether oxygens (including phenoxy) is 1. The summed E-state index contributed by atoms with van der Waals surface area (Å²) in [5.41, 5.74) is 0.158. The topological polar surface area (TPSA) is 112 Å². The molecule has 0 aliphatic carbocycles. The number of hydrogen-bond donors (Lipinski definition) is 2. The van der Waals surface area contributed by atoms with Gasteiger partial charge < -0.3 is 15.4 Å². The highest BCUT2D eigenvalue weighted by Crippen LogP contribution is 2.37. The molecule has 9 nitrogen and oxygen atoms in total. The summed E-state index contributed by atoms with van der Waals surface area (Å²) in [4.78, 5) is 38.7. The molecule has 178 valence electrons. The van der Waals surface area contributed by atoms with Crippen molar-refractivity contribution in [2.45, 2.75) is 41.5 Å². The molecule has 0 saturated carbocycles. The van der Waals surface area contributed by atoms with E-state index in [1.165, 1.54) is 26.3 Å². The van der Waals surface area contributed by atoms with Crippen LogP contribution >= 0.6 is 11.6 Å². The summed E-state index contributed by atoms with van der Waals surface area (Å²) < 4.78 is 5.09. The fourth-order valence-corrected chi connectivity index (χ4v) is 2.89. The lowest BCUT2D eigenvalue weighted by atomic mass is 10.1. The number of nitrogens with one attached hydrogen (secondary N) is 2. The van der Waals surface area contributed by atoms with Gasteiger partial charge in [0.05, 0.1) is 23.3 Å². The van der Waals surface area contributed by atoms with Crippen molar-refractivity contribution in [2.75, 3.05) is 27.7 Å². The molecule has 1 aliphatic heterocycles. The normalized spacial score (nSPS) is 13.0. The van der Waals surface area contributed by atoms with Crippen LogP contribution in [0.5, 0.6) is 0 Å². The second-order valence-electron chi connectivity index (χ2n) is 6.34. The third-order valence-electron chi connectivity index (χ3n) is 3.95. The van der Waals surface area contributed by atoms with Crippen molar-refractivity contribution in [3.05, 3.63) is 39.9 Å². The maximum Gasteiger partial charge on any atom is 0.277 e. The molecule has 32 heavy (non-hydrogen) atoms. The van der Waals surface area contributed by atoms with E-state index in [0.29, 0.717) is 0 Å². The molecule has 0 unspecified atom stereocenters. The number of rotatable bonds is 7. The van der Waals surface area contributed by atoms with Gasteiger partial charge in [-0.2, -0.15) is 0 Å². The molecule has 0 spiro atoms. The summed E-state index contributed by atoms with van der Waals surface area (Å²) in [5, 5.41) is 13.2. The van der Waals surface area contributed by atoms with Crippen LogP contribution in [-0.2, 0) is 9.53 Å². The number of imide groups is 1. The molecule has 0 aromatic heterocycles. The second kappa shape index (κ2) is 14.2. The zero-order valence-corrected chi connectivity index (χ0v) is 21.0. The number of carbonyl (C=O) groups excluding carboxylic acids is 3. The average molecular weight is 468 g/mol. The maximum absolute atomic E-state index is 12.8. The Hall–Kier alpha value is -2.94. The summed E-state index contributed by atoms with van der Waals surface area (Å²) in [5.74, 6) is -1.27. The number of likely N-dealkylation sites (N-methyl/N-ethyl adjacent to an activating group) is 1. The Kier molecular flexibility index (Phi) is 12.9. The molecular weight excluding hydrogens is 434 g/mol. The number of carbonyl (C=O) groups is 3. The molecule has 0 atom stereocenters. The fraction of sp³-hybridized carbons (Fsp3) is 0.500. The third kappa shape index (κ3) is 6.53. The lowest BCUT2D eigenvalue weighted by Crippen LogP contribution is -2.33. The number of benzene rings is 1. The molecular formula is C22H34ClN5O4. The number of azo groups is 1. The number of amides is 3. The monoisotopic (exact) mass is 467 g/mol. The standard InChI is InChI=1S/C18H22ClN5O4.2C2H6/c1-9(2)8-24-17(26)10-6-7-11(19)13(12(10)18(24)27)22-23-14(15(25)20-3)16(21-4)28-5;2*1-2/h6-7,9,21H,8H2,1-5H3,(H,20,25);2*1-2H3/b16-14-,23-22?;;. The van der Waals surface area contributed by atoms with Crippen molar-refractivity contribution in [1.29, 1.82) is 0 Å². The summed E-state index contributed by atoms with van der Waals surface area (Å²) in [6.45, 7) is 12.1. The second-order valence-corrected chi connectivity index (χ2v) is 6.75. The lowest BCUT2D eigenvalue weighted by molar-refractivity contribution is -0.117. The highest BCUT2D eigenvalue weighted by atomic mass is 35.5. The maximum atomic E-state index is 12.8. The summed E-state index contributed by atoms with van der Waals surface area (Å²) in [6, 6.07) is 2.96. The van der Waals surface area contributed by atoms with Gasteiger partial charge in [-0.15, -0.1) is 10.2 Å². The largest absolute Gasteiger partial charge is 0.481 e. The van der Waals surface area contributed by atoms with Crippen LogP contribution in [-0.4, -0.2) is 50.4 Å². The molecule has 0 bridgehead atoms. The highest BCUT2D eigenvalue weighted by molar-refractivity contribution is 6.35. The number of methoxy groups -OCH3 is 1. The van der Waals surface area contributed by atoms with E-state index < -0.39 is 17.7 Å². The minimum absolute atomic E-state index is 0.0248. The Morgan fingerprint density at radius 2 is 1.69 bits per heavy atom. The Bertz CT molecular complexity index is 875. The van der Waals surface area contributed by atoms with E-state index in [4.69, 9.17) is 16.3 Å². The summed E-state index contributed by atoms with van der Waals surface area (Å²) in [6.07, 6.45) is 0. The Morgan fingerprint density at radius 1 is 1.09 bits per heavy atom. The zero-order chi connectivity index (χ0) is 25.0. The fourth-order valence-electron chi connectivity index (χ4n) is 2.69. The number of halogens is 1. The van der Waals surface area contributed by atoms with Crippen LogP contribution in [0.15, 0.2) is 33.9 Å². The number of fused-ring (bicyclic) bond motifs is 1. The van der Waals surface area contributed by atoms with Crippen LogP contribution in [0.3, 0.4) is 0 Å². The number of hydrogen-bond acceptors (Lipinski definition) is 7. The van der Waals surface area contributed by atoms with Gasteiger partial charge in [-0.1, -0.05) is 53.1 Å². The van der Waals surface area contributed by atoms with E-state index in [1.54, 1.807) is 7.05 Å². The Balaban J connectivity index is 0.00000227. The first-order chi connectivity index (χ1) is 15.3. The Labute approximate surface area is 195 Å². The van der Waals surface area contributed by atoms with Gasteiger partial charge in [-0.25, -0.2) is 0 Å². The third-order valence-corrected chi connectivity index (χ3v) is 4.25. The predicted octanol–water partition coefficient (Wildman–Crippen LogP) is 4.51. The van der Waals surface area contributed by atoms with Crippen molar-refractivity contribution < 1.29 is 19.1 Å². The quantitative estimate of drug-likeness (QED) is 0.265. The van der Waals surface area contributed by atoms with Gasteiger partial charge in [0.2, 0.25) is 11.6 Å². The van der Waals surface area contributed by atoms with E-state index in [1.807, 2.05) is 41.5 Å². The first-order valence-electron chi connectivity index (χ1n) is 10.5. The predicted molar refractivity (Wildman–Crippen MR) is 126 cm³/mol. The molecule has 1 aromatic rings. The Morgan fingerprint density at radius 3 is 2.16 bits per heavy atom. The van der Waals surface area contributed by atoms with Gasteiger partial charge in [0.1, 0.15) is 5.69 Å². The van der Waals surface area contributed by atoms with Gasteiger partial charge in [0, 0.05) is 20.6 Å². The highest BCUT2D eigenvalue weighted by Gasteiger charge is 2.38. The van der Waals surface area contributed by atoms with Crippen molar-refractivity contribution in [3.63, 3.8) is 0 Å². The summed E-state index contributed by atoms with van der Waals surface area (Å²) >= 11 is 6.22. The minimum atomic E-state index is -0.553. The van der Waals surface area contributed by atoms with Crippen molar-refractivity contribution >= 4 is 35.0 Å². The smallest absolute Gasteiger partial charge is 0.277 e. The number of nitrogens with zero attached hydrogens (tertiary/aromatic N) is 3. The lowest BCUT2D eigenvalue weighted by Gasteiger charge is -2.15. The summed E-state index contributed by atoms with van der Waals surface area (Å²) in [7, 11) is 4.35. The zero-order valence-electron chi connectivity index (χ0n) is 20.3. The van der Waals surface area contributed by atoms with Crippen LogP contribution in [0.2, 0.25) is 5.02 Å². The first kappa shape index (κ1) is 29.1. The average Bonchev–Trinajstić information content (AvgIpc) is 3.04. The van der Waals surface area contributed by atoms with Crippen LogP contribution < -0.4 is 10.6 Å². The van der Waals surface area contributed by atoms with E-state index in [2.05, 4.69) is 20.9 Å². The molecule has 1 heterocycles. The molecule has 1 aromatic carbocycles. The molecule has 1 aliphatic rings. The molecule has 2 N–H and O–H groups in total.